The van der Waals surface area contributed by atoms with Gasteiger partial charge in [-0.1, -0.05) is 36.4 Å². The van der Waals surface area contributed by atoms with Gasteiger partial charge in [-0.15, -0.1) is 6.58 Å². The lowest BCUT2D eigenvalue weighted by molar-refractivity contribution is -0.129. The van der Waals surface area contributed by atoms with Crippen molar-refractivity contribution in [3.63, 3.8) is 0 Å². The van der Waals surface area contributed by atoms with Crippen molar-refractivity contribution in [2.75, 3.05) is 19.6 Å². The van der Waals surface area contributed by atoms with Gasteiger partial charge in [0.15, 0.2) is 0 Å². The summed E-state index contributed by atoms with van der Waals surface area (Å²) in [6.45, 7) is 6.39. The number of hydrogen-bond acceptors (Lipinski definition) is 2. The van der Waals surface area contributed by atoms with Crippen LogP contribution in [0.15, 0.2) is 43.0 Å². The van der Waals surface area contributed by atoms with Crippen molar-refractivity contribution < 1.29 is 4.79 Å². The number of nitrogens with zero attached hydrogens (tertiary/aromatic N) is 1. The molecule has 1 amide bonds. The van der Waals surface area contributed by atoms with Crippen molar-refractivity contribution in [2.24, 2.45) is 0 Å². The fourth-order valence-corrected chi connectivity index (χ4v) is 2.97. The van der Waals surface area contributed by atoms with Gasteiger partial charge in [-0.2, -0.15) is 0 Å². The van der Waals surface area contributed by atoms with Gasteiger partial charge in [0, 0.05) is 25.6 Å². The van der Waals surface area contributed by atoms with Crippen LogP contribution in [0.1, 0.15) is 31.2 Å². The lowest BCUT2D eigenvalue weighted by Gasteiger charge is -2.25. The lowest BCUT2D eigenvalue weighted by Crippen LogP contribution is -2.36. The van der Waals surface area contributed by atoms with Crippen LogP contribution in [-0.4, -0.2) is 36.5 Å². The van der Waals surface area contributed by atoms with Gasteiger partial charge in [0.1, 0.15) is 0 Å². The predicted octanol–water partition coefficient (Wildman–Crippen LogP) is 2.78. The second-order valence-corrected chi connectivity index (χ2v) is 5.65. The minimum Gasteiger partial charge on any atom is -0.340 e. The third-order valence-electron chi connectivity index (χ3n) is 4.10. The lowest BCUT2D eigenvalue weighted by atomic mass is 10.1. The second-order valence-electron chi connectivity index (χ2n) is 5.65. The predicted molar refractivity (Wildman–Crippen MR) is 87.2 cm³/mol. The highest BCUT2D eigenvalue weighted by atomic mass is 16.2. The summed E-state index contributed by atoms with van der Waals surface area (Å²) in [7, 11) is 0. The maximum atomic E-state index is 12.0. The van der Waals surface area contributed by atoms with E-state index in [1.165, 1.54) is 5.56 Å². The minimum atomic E-state index is 0.330. The molecule has 0 spiro atoms. The molecule has 21 heavy (non-hydrogen) atoms. The molecule has 0 bridgehead atoms. The average molecular weight is 286 g/mol. The quantitative estimate of drug-likeness (QED) is 0.559. The topological polar surface area (TPSA) is 32.3 Å². The largest absolute Gasteiger partial charge is 0.340 e. The van der Waals surface area contributed by atoms with Crippen LogP contribution < -0.4 is 5.32 Å². The first-order chi connectivity index (χ1) is 10.3. The summed E-state index contributed by atoms with van der Waals surface area (Å²) >= 11 is 0. The molecule has 1 fully saturated rings. The Labute approximate surface area is 128 Å². The summed E-state index contributed by atoms with van der Waals surface area (Å²) in [4.78, 5) is 14.1. The maximum Gasteiger partial charge on any atom is 0.222 e. The maximum absolute atomic E-state index is 12.0. The van der Waals surface area contributed by atoms with E-state index in [0.29, 0.717) is 11.9 Å². The first-order valence-electron chi connectivity index (χ1n) is 7.96. The fraction of sp³-hybridized carbons (Fsp3) is 0.500. The van der Waals surface area contributed by atoms with E-state index in [4.69, 9.17) is 0 Å². The Morgan fingerprint density at radius 1 is 1.33 bits per heavy atom. The molecule has 3 nitrogen and oxygen atoms in total. The zero-order valence-electron chi connectivity index (χ0n) is 12.8. The molecule has 1 aromatic carbocycles. The summed E-state index contributed by atoms with van der Waals surface area (Å²) in [5.74, 6) is 0.330. The molecule has 1 aliphatic rings. The van der Waals surface area contributed by atoms with Crippen molar-refractivity contribution in [1.29, 1.82) is 0 Å². The smallest absolute Gasteiger partial charge is 0.222 e. The van der Waals surface area contributed by atoms with Crippen LogP contribution in [-0.2, 0) is 11.2 Å². The number of aryl methyl sites for hydroxylation is 1. The van der Waals surface area contributed by atoms with Gasteiger partial charge in [0.2, 0.25) is 5.91 Å². The van der Waals surface area contributed by atoms with Crippen molar-refractivity contribution in [3.8, 4) is 0 Å². The molecule has 0 saturated carbocycles. The van der Waals surface area contributed by atoms with Crippen LogP contribution in [0.4, 0.5) is 0 Å². The molecule has 0 unspecified atom stereocenters. The van der Waals surface area contributed by atoms with Crippen LogP contribution in [0.2, 0.25) is 0 Å². The molecule has 1 N–H and O–H groups in total. The molecule has 0 aliphatic carbocycles. The third-order valence-corrected chi connectivity index (χ3v) is 4.10. The Bertz CT molecular complexity index is 444. The van der Waals surface area contributed by atoms with Gasteiger partial charge >= 0.3 is 0 Å². The molecule has 1 aromatic rings. The second kappa shape index (κ2) is 8.63. The summed E-state index contributed by atoms with van der Waals surface area (Å²) < 4.78 is 0. The van der Waals surface area contributed by atoms with E-state index in [-0.39, 0.29) is 0 Å². The van der Waals surface area contributed by atoms with Crippen LogP contribution in [0.3, 0.4) is 0 Å². The zero-order valence-corrected chi connectivity index (χ0v) is 12.8. The van der Waals surface area contributed by atoms with Crippen molar-refractivity contribution >= 4 is 5.91 Å². The van der Waals surface area contributed by atoms with Gasteiger partial charge in [0.25, 0.3) is 0 Å². The molecule has 3 heteroatoms. The Kier molecular flexibility index (Phi) is 6.48. The van der Waals surface area contributed by atoms with E-state index in [1.807, 2.05) is 12.1 Å². The molecule has 1 atom stereocenters. The number of benzene rings is 1. The molecule has 1 saturated heterocycles. The summed E-state index contributed by atoms with van der Waals surface area (Å²) in [5, 5.41) is 3.32. The highest BCUT2D eigenvalue weighted by Gasteiger charge is 2.29. The monoisotopic (exact) mass is 286 g/mol. The van der Waals surface area contributed by atoms with Crippen LogP contribution in [0.25, 0.3) is 0 Å². The number of carbonyl (C=O) groups excluding carboxylic acids is 1. The summed E-state index contributed by atoms with van der Waals surface area (Å²) in [6, 6.07) is 10.9. The first-order valence-corrected chi connectivity index (χ1v) is 7.96. The SMILES string of the molecule is C=CCNCC[C@H]1CCC(=O)N1CCCc1ccccc1. The number of amides is 1. The van der Waals surface area contributed by atoms with Crippen LogP contribution in [0, 0.1) is 0 Å². The van der Waals surface area contributed by atoms with E-state index in [0.717, 1.165) is 51.7 Å². The Morgan fingerprint density at radius 3 is 2.90 bits per heavy atom. The summed E-state index contributed by atoms with van der Waals surface area (Å²) in [5.41, 5.74) is 1.35. The molecular weight excluding hydrogens is 260 g/mol. The first kappa shape index (κ1) is 15.8. The van der Waals surface area contributed by atoms with E-state index in [9.17, 15) is 4.79 Å². The number of nitrogens with one attached hydrogen (secondary N) is 1. The van der Waals surface area contributed by atoms with Crippen molar-refractivity contribution in [1.82, 2.24) is 10.2 Å². The van der Waals surface area contributed by atoms with Crippen LogP contribution >= 0.6 is 0 Å². The van der Waals surface area contributed by atoms with E-state index in [2.05, 4.69) is 41.1 Å². The van der Waals surface area contributed by atoms with Gasteiger partial charge in [-0.25, -0.2) is 0 Å². The average Bonchev–Trinajstić information content (AvgIpc) is 2.86. The Morgan fingerprint density at radius 2 is 2.14 bits per heavy atom. The molecule has 114 valence electrons. The van der Waals surface area contributed by atoms with Gasteiger partial charge in [-0.05, 0) is 37.8 Å². The molecule has 1 heterocycles. The molecular formula is C18H26N2O. The van der Waals surface area contributed by atoms with E-state index < -0.39 is 0 Å². The van der Waals surface area contributed by atoms with Gasteiger partial charge in [-0.3, -0.25) is 4.79 Å². The Balaban J connectivity index is 1.73. The fourth-order valence-electron chi connectivity index (χ4n) is 2.97. The van der Waals surface area contributed by atoms with E-state index in [1.54, 1.807) is 0 Å². The molecule has 1 aliphatic heterocycles. The third kappa shape index (κ3) is 5.01. The van der Waals surface area contributed by atoms with E-state index >= 15 is 0 Å². The highest BCUT2D eigenvalue weighted by Crippen LogP contribution is 2.21. The molecule has 0 radical (unpaired) electrons. The van der Waals surface area contributed by atoms with Crippen molar-refractivity contribution in [3.05, 3.63) is 48.6 Å². The van der Waals surface area contributed by atoms with Gasteiger partial charge in [0.05, 0.1) is 0 Å². The van der Waals surface area contributed by atoms with Gasteiger partial charge < -0.3 is 10.2 Å². The molecule has 2 rings (SSSR count). The Hall–Kier alpha value is -1.61. The highest BCUT2D eigenvalue weighted by molar-refractivity contribution is 5.78. The zero-order chi connectivity index (χ0) is 14.9. The molecule has 0 aromatic heterocycles. The number of likely N-dealkylation sites (tertiary alicyclic amines) is 1. The summed E-state index contributed by atoms with van der Waals surface area (Å²) in [6.07, 6.45) is 6.75. The minimum absolute atomic E-state index is 0.330. The standard InChI is InChI=1S/C18H26N2O/c1-2-13-19-14-12-17-10-11-18(21)20(17)15-6-9-16-7-4-3-5-8-16/h2-5,7-8,17,19H,1,6,9-15H2/t17-/m1/s1. The number of rotatable bonds is 9. The van der Waals surface area contributed by atoms with Crippen LogP contribution in [0.5, 0.6) is 0 Å². The van der Waals surface area contributed by atoms with Crippen molar-refractivity contribution in [2.45, 2.75) is 38.1 Å². The normalized spacial score (nSPS) is 18.2. The number of carbonyl (C=O) groups is 1. The number of hydrogen-bond donors (Lipinski definition) is 1.